The Morgan fingerprint density at radius 1 is 1.00 bits per heavy atom. The molecule has 3 aromatic rings. The van der Waals surface area contributed by atoms with Crippen molar-refractivity contribution in [2.24, 2.45) is 0 Å². The maximum atomic E-state index is 12.8. The van der Waals surface area contributed by atoms with E-state index in [0.717, 1.165) is 11.0 Å². The molecule has 0 amide bonds. The highest BCUT2D eigenvalue weighted by atomic mass is 16.5. The van der Waals surface area contributed by atoms with Crippen LogP contribution in [0.5, 0.6) is 0 Å². The van der Waals surface area contributed by atoms with Crippen LogP contribution in [0.3, 0.4) is 0 Å². The summed E-state index contributed by atoms with van der Waals surface area (Å²) in [7, 11) is 0. The number of fused-ring (bicyclic) bond motifs is 2. The summed E-state index contributed by atoms with van der Waals surface area (Å²) in [6, 6.07) is 15.1. The molecule has 2 aromatic carbocycles. The predicted octanol–water partition coefficient (Wildman–Crippen LogP) is 3.74. The lowest BCUT2D eigenvalue weighted by Gasteiger charge is -2.15. The predicted molar refractivity (Wildman–Crippen MR) is 127 cm³/mol. The molecule has 1 aromatic heterocycles. The zero-order valence-electron chi connectivity index (χ0n) is 18.8. The molecular formula is C26H29NO6. The zero-order valence-corrected chi connectivity index (χ0v) is 18.8. The summed E-state index contributed by atoms with van der Waals surface area (Å²) < 4.78 is 12.1. The van der Waals surface area contributed by atoms with Gasteiger partial charge < -0.3 is 19.1 Å². The molecular weight excluding hydrogens is 422 g/mol. The Labute approximate surface area is 192 Å². The van der Waals surface area contributed by atoms with E-state index in [4.69, 9.17) is 9.47 Å². The number of benzene rings is 2. The lowest BCUT2D eigenvalue weighted by Crippen LogP contribution is -2.21. The van der Waals surface area contributed by atoms with E-state index in [1.165, 1.54) is 0 Å². The highest BCUT2D eigenvalue weighted by Gasteiger charge is 2.15. The summed E-state index contributed by atoms with van der Waals surface area (Å²) in [5.74, 6) is -0.976. The molecule has 0 spiro atoms. The van der Waals surface area contributed by atoms with E-state index in [2.05, 4.69) is 11.1 Å². The van der Waals surface area contributed by atoms with Gasteiger partial charge in [-0.15, -0.1) is 0 Å². The summed E-state index contributed by atoms with van der Waals surface area (Å²) in [6.07, 6.45) is 0.498. The maximum absolute atomic E-state index is 12.8. The summed E-state index contributed by atoms with van der Waals surface area (Å²) in [5, 5.41) is 11.3. The molecule has 1 unspecified atom stereocenters. The van der Waals surface area contributed by atoms with Gasteiger partial charge in [0.05, 0.1) is 23.7 Å². The number of aryl methyl sites for hydroxylation is 1. The molecule has 3 rings (SSSR count). The van der Waals surface area contributed by atoms with E-state index in [1.54, 1.807) is 6.92 Å². The van der Waals surface area contributed by atoms with Crippen molar-refractivity contribution in [2.75, 3.05) is 13.2 Å². The number of aliphatic hydroxyl groups is 1. The van der Waals surface area contributed by atoms with Crippen LogP contribution in [0.1, 0.15) is 32.6 Å². The first-order chi connectivity index (χ1) is 15.9. The molecule has 0 aliphatic rings. The fraction of sp³-hybridized carbons (Fsp3) is 0.346. The van der Waals surface area contributed by atoms with Gasteiger partial charge in [0.2, 0.25) is 0 Å². The van der Waals surface area contributed by atoms with E-state index in [9.17, 15) is 19.5 Å². The van der Waals surface area contributed by atoms with Crippen molar-refractivity contribution in [3.8, 4) is 0 Å². The first-order valence-electron chi connectivity index (χ1n) is 11.1. The highest BCUT2D eigenvalue weighted by Crippen LogP contribution is 2.20. The number of para-hydroxylation sites is 2. The Hall–Kier alpha value is -3.45. The standard InChI is InChI=1S/C26H29NO6/c1-3-32-26(31)18(2)16-19(28)17-33-24(29)14-8-9-15-27-22-12-6-4-10-20(22)25(30)21-11-5-7-13-23(21)27/h4-7,10-13,19,28H,2-3,8-9,14-17H2,1H3. The number of carbonyl (C=O) groups is 2. The van der Waals surface area contributed by atoms with Crippen molar-refractivity contribution >= 4 is 33.7 Å². The molecule has 33 heavy (non-hydrogen) atoms. The molecule has 0 aliphatic heterocycles. The van der Waals surface area contributed by atoms with Crippen LogP contribution in [-0.4, -0.2) is 40.9 Å². The fourth-order valence-corrected chi connectivity index (χ4v) is 3.78. The van der Waals surface area contributed by atoms with Gasteiger partial charge in [0.15, 0.2) is 5.43 Å². The topological polar surface area (TPSA) is 94.8 Å². The molecule has 1 heterocycles. The first kappa shape index (κ1) is 24.2. The molecule has 0 fully saturated rings. The van der Waals surface area contributed by atoms with Gasteiger partial charge in [0.1, 0.15) is 6.61 Å². The Bertz CT molecular complexity index is 1150. The Kier molecular flexibility index (Phi) is 8.38. The SMILES string of the molecule is C=C(CC(O)COC(=O)CCCCn1c2ccccc2c(=O)c2ccccc21)C(=O)OCC. The van der Waals surface area contributed by atoms with Crippen LogP contribution in [-0.2, 0) is 25.6 Å². The lowest BCUT2D eigenvalue weighted by molar-refractivity contribution is -0.146. The van der Waals surface area contributed by atoms with Gasteiger partial charge in [-0.1, -0.05) is 30.8 Å². The normalized spacial score (nSPS) is 11.9. The number of hydrogen-bond acceptors (Lipinski definition) is 6. The minimum absolute atomic E-state index is 0.0153. The number of aliphatic hydroxyl groups excluding tert-OH is 1. The summed E-state index contributed by atoms with van der Waals surface area (Å²) in [6.45, 7) is 5.94. The smallest absolute Gasteiger partial charge is 0.333 e. The van der Waals surface area contributed by atoms with Crippen LogP contribution in [0.15, 0.2) is 65.5 Å². The first-order valence-corrected chi connectivity index (χ1v) is 11.1. The number of unbranched alkanes of at least 4 members (excludes halogenated alkanes) is 1. The number of aromatic nitrogens is 1. The van der Waals surface area contributed by atoms with Crippen molar-refractivity contribution in [3.63, 3.8) is 0 Å². The van der Waals surface area contributed by atoms with E-state index in [-0.39, 0.29) is 37.1 Å². The van der Waals surface area contributed by atoms with Crippen molar-refractivity contribution < 1.29 is 24.2 Å². The third-order valence-corrected chi connectivity index (χ3v) is 5.37. The largest absolute Gasteiger partial charge is 0.463 e. The second-order valence-corrected chi connectivity index (χ2v) is 7.84. The minimum atomic E-state index is -1.01. The van der Waals surface area contributed by atoms with Gasteiger partial charge in [0.25, 0.3) is 0 Å². The van der Waals surface area contributed by atoms with E-state index in [0.29, 0.717) is 30.2 Å². The fourth-order valence-electron chi connectivity index (χ4n) is 3.78. The van der Waals surface area contributed by atoms with Gasteiger partial charge in [-0.3, -0.25) is 9.59 Å². The van der Waals surface area contributed by atoms with Crippen LogP contribution in [0.4, 0.5) is 0 Å². The molecule has 0 bridgehead atoms. The lowest BCUT2D eigenvalue weighted by atomic mass is 10.1. The second-order valence-electron chi connectivity index (χ2n) is 7.84. The van der Waals surface area contributed by atoms with Gasteiger partial charge in [0, 0.05) is 35.7 Å². The molecule has 0 radical (unpaired) electrons. The van der Waals surface area contributed by atoms with Crippen LogP contribution >= 0.6 is 0 Å². The molecule has 1 atom stereocenters. The number of ether oxygens (including phenoxy) is 2. The molecule has 174 valence electrons. The van der Waals surface area contributed by atoms with Gasteiger partial charge >= 0.3 is 11.9 Å². The van der Waals surface area contributed by atoms with Crippen molar-refractivity contribution in [3.05, 3.63) is 70.9 Å². The maximum Gasteiger partial charge on any atom is 0.333 e. The average Bonchev–Trinajstić information content (AvgIpc) is 2.82. The van der Waals surface area contributed by atoms with Crippen LogP contribution in [0.25, 0.3) is 21.8 Å². The van der Waals surface area contributed by atoms with Crippen LogP contribution < -0.4 is 5.43 Å². The molecule has 0 saturated heterocycles. The van der Waals surface area contributed by atoms with E-state index >= 15 is 0 Å². The third-order valence-electron chi connectivity index (χ3n) is 5.37. The average molecular weight is 452 g/mol. The van der Waals surface area contributed by atoms with E-state index in [1.807, 2.05) is 48.5 Å². The number of nitrogens with zero attached hydrogens (tertiary/aromatic N) is 1. The quantitative estimate of drug-likeness (QED) is 0.207. The van der Waals surface area contributed by atoms with E-state index < -0.39 is 18.0 Å². The van der Waals surface area contributed by atoms with Crippen LogP contribution in [0, 0.1) is 0 Å². The number of hydrogen-bond donors (Lipinski definition) is 1. The van der Waals surface area contributed by atoms with Gasteiger partial charge in [-0.25, -0.2) is 4.79 Å². The van der Waals surface area contributed by atoms with Crippen molar-refractivity contribution in [2.45, 2.75) is 45.3 Å². The highest BCUT2D eigenvalue weighted by molar-refractivity contribution is 5.93. The second kappa shape index (κ2) is 11.4. The monoisotopic (exact) mass is 451 g/mol. The molecule has 7 nitrogen and oxygen atoms in total. The van der Waals surface area contributed by atoms with Gasteiger partial charge in [-0.2, -0.15) is 0 Å². The summed E-state index contributed by atoms with van der Waals surface area (Å²) in [5.41, 5.74) is 1.90. The Balaban J connectivity index is 1.52. The third kappa shape index (κ3) is 6.08. The Morgan fingerprint density at radius 2 is 1.61 bits per heavy atom. The number of rotatable bonds is 11. The number of carbonyl (C=O) groups excluding carboxylic acids is 2. The van der Waals surface area contributed by atoms with Gasteiger partial charge in [-0.05, 0) is 44.0 Å². The Morgan fingerprint density at radius 3 is 2.21 bits per heavy atom. The molecule has 0 saturated carbocycles. The number of pyridine rings is 1. The minimum Gasteiger partial charge on any atom is -0.463 e. The van der Waals surface area contributed by atoms with Crippen molar-refractivity contribution in [1.82, 2.24) is 4.57 Å². The summed E-state index contributed by atoms with van der Waals surface area (Å²) in [4.78, 5) is 36.4. The molecule has 0 aliphatic carbocycles. The molecule has 7 heteroatoms. The molecule has 1 N–H and O–H groups in total. The zero-order chi connectivity index (χ0) is 23.8. The summed E-state index contributed by atoms with van der Waals surface area (Å²) >= 11 is 0. The number of esters is 2. The van der Waals surface area contributed by atoms with Crippen molar-refractivity contribution in [1.29, 1.82) is 0 Å². The van der Waals surface area contributed by atoms with Crippen LogP contribution in [0.2, 0.25) is 0 Å².